The molecule has 22 heavy (non-hydrogen) atoms. The van der Waals surface area contributed by atoms with Gasteiger partial charge >= 0.3 is 0 Å². The number of amides is 1. The molecule has 0 aliphatic heterocycles. The summed E-state index contributed by atoms with van der Waals surface area (Å²) in [6.07, 6.45) is 0.972. The van der Waals surface area contributed by atoms with Crippen molar-refractivity contribution in [3.05, 3.63) is 41.2 Å². The Labute approximate surface area is 131 Å². The van der Waals surface area contributed by atoms with Gasteiger partial charge in [0.25, 0.3) is 0 Å². The van der Waals surface area contributed by atoms with Crippen molar-refractivity contribution in [3.63, 3.8) is 0 Å². The summed E-state index contributed by atoms with van der Waals surface area (Å²) < 4.78 is 0. The molecule has 1 aromatic carbocycles. The first-order valence-electron chi connectivity index (χ1n) is 7.05. The van der Waals surface area contributed by atoms with Gasteiger partial charge in [-0.05, 0) is 25.5 Å². The first-order chi connectivity index (χ1) is 10.6. The van der Waals surface area contributed by atoms with E-state index in [9.17, 15) is 4.79 Å². The van der Waals surface area contributed by atoms with Crippen LogP contribution in [0.15, 0.2) is 29.6 Å². The van der Waals surface area contributed by atoms with Crippen LogP contribution in [0.5, 0.6) is 0 Å². The van der Waals surface area contributed by atoms with Gasteiger partial charge in [-0.15, -0.1) is 11.3 Å². The Morgan fingerprint density at radius 2 is 2.23 bits per heavy atom. The van der Waals surface area contributed by atoms with Crippen molar-refractivity contribution in [2.45, 2.75) is 25.8 Å². The van der Waals surface area contributed by atoms with E-state index in [0.717, 1.165) is 22.6 Å². The first kappa shape index (κ1) is 14.5. The van der Waals surface area contributed by atoms with Gasteiger partial charge < -0.3 is 16.0 Å². The zero-order valence-corrected chi connectivity index (χ0v) is 13.0. The number of nitrogen functional groups attached to an aromatic ring is 1. The molecule has 1 unspecified atom stereocenters. The molecule has 2 heterocycles. The minimum atomic E-state index is -0.166. The van der Waals surface area contributed by atoms with Gasteiger partial charge in [-0.3, -0.25) is 4.79 Å². The summed E-state index contributed by atoms with van der Waals surface area (Å²) in [6, 6.07) is 7.63. The number of aryl methyl sites for hydroxylation is 1. The Hall–Kier alpha value is -2.41. The Morgan fingerprint density at radius 3 is 2.95 bits per heavy atom. The summed E-state index contributed by atoms with van der Waals surface area (Å²) >= 11 is 1.39. The summed E-state index contributed by atoms with van der Waals surface area (Å²) in [5.41, 5.74) is 8.30. The fraction of sp³-hybridized carbons (Fsp3) is 0.267. The van der Waals surface area contributed by atoms with Gasteiger partial charge in [-0.25, -0.2) is 9.97 Å². The number of aromatic amines is 1. The highest BCUT2D eigenvalue weighted by Crippen LogP contribution is 2.16. The standard InChI is InChI=1S/C15H17N5OS/c1-9(14-19-11-4-2-3-5-12(11)20-14)17-13(21)7-6-10-8-22-15(16)18-10/h2-5,8-9H,6-7H2,1H3,(H2,16,18)(H,17,21)(H,19,20). The predicted molar refractivity (Wildman–Crippen MR) is 87.5 cm³/mol. The zero-order valence-electron chi connectivity index (χ0n) is 12.2. The quantitative estimate of drug-likeness (QED) is 0.673. The molecule has 2 aromatic heterocycles. The molecule has 0 bridgehead atoms. The molecule has 1 amide bonds. The summed E-state index contributed by atoms with van der Waals surface area (Å²) in [4.78, 5) is 23.9. The summed E-state index contributed by atoms with van der Waals surface area (Å²) in [5, 5.41) is 5.36. The van der Waals surface area contributed by atoms with Crippen molar-refractivity contribution >= 4 is 33.4 Å². The van der Waals surface area contributed by atoms with Gasteiger partial charge in [0.2, 0.25) is 5.91 Å². The molecule has 6 nitrogen and oxygen atoms in total. The third-order valence-corrected chi connectivity index (χ3v) is 4.10. The molecule has 0 fully saturated rings. The van der Waals surface area contributed by atoms with E-state index in [-0.39, 0.29) is 11.9 Å². The maximum atomic E-state index is 12.0. The Balaban J connectivity index is 1.58. The zero-order chi connectivity index (χ0) is 15.5. The van der Waals surface area contributed by atoms with E-state index in [0.29, 0.717) is 18.0 Å². The summed E-state index contributed by atoms with van der Waals surface area (Å²) in [7, 11) is 0. The maximum Gasteiger partial charge on any atom is 0.220 e. The lowest BCUT2D eigenvalue weighted by Gasteiger charge is -2.10. The number of H-pyrrole nitrogens is 1. The minimum absolute atomic E-state index is 0.0282. The maximum absolute atomic E-state index is 12.0. The van der Waals surface area contributed by atoms with E-state index in [1.807, 2.05) is 36.6 Å². The van der Waals surface area contributed by atoms with E-state index in [1.165, 1.54) is 11.3 Å². The number of nitrogens with zero attached hydrogens (tertiary/aromatic N) is 2. The second-order valence-electron chi connectivity index (χ2n) is 5.11. The lowest BCUT2D eigenvalue weighted by molar-refractivity contribution is -0.121. The number of benzene rings is 1. The number of thiazole rings is 1. The molecule has 3 rings (SSSR count). The molecule has 0 aliphatic carbocycles. The van der Waals surface area contributed by atoms with Crippen LogP contribution in [0, 0.1) is 0 Å². The number of rotatable bonds is 5. The molecule has 0 aliphatic rings. The smallest absolute Gasteiger partial charge is 0.220 e. The van der Waals surface area contributed by atoms with Crippen LogP contribution < -0.4 is 11.1 Å². The van der Waals surface area contributed by atoms with Crippen LogP contribution in [-0.4, -0.2) is 20.9 Å². The number of anilines is 1. The van der Waals surface area contributed by atoms with E-state index in [4.69, 9.17) is 5.73 Å². The summed E-state index contributed by atoms with van der Waals surface area (Å²) in [5.74, 6) is 0.729. The Morgan fingerprint density at radius 1 is 1.41 bits per heavy atom. The Kier molecular flexibility index (Phi) is 4.06. The van der Waals surface area contributed by atoms with Crippen LogP contribution >= 0.6 is 11.3 Å². The number of hydrogen-bond acceptors (Lipinski definition) is 5. The highest BCUT2D eigenvalue weighted by atomic mass is 32.1. The number of carbonyl (C=O) groups is 1. The number of nitrogens with two attached hydrogens (primary N) is 1. The molecular formula is C15H17N5OS. The van der Waals surface area contributed by atoms with Crippen LogP contribution in [0.3, 0.4) is 0 Å². The number of imidazole rings is 1. The SMILES string of the molecule is CC(NC(=O)CCc1csc(N)n1)c1nc2ccccc2[nH]1. The molecule has 1 atom stereocenters. The number of carbonyl (C=O) groups excluding carboxylic acids is 1. The van der Waals surface area contributed by atoms with Crippen LogP contribution in [0.2, 0.25) is 0 Å². The monoisotopic (exact) mass is 315 g/mol. The molecule has 0 saturated heterocycles. The molecule has 3 aromatic rings. The van der Waals surface area contributed by atoms with Crippen molar-refractivity contribution in [2.75, 3.05) is 5.73 Å². The van der Waals surface area contributed by atoms with E-state index in [2.05, 4.69) is 20.3 Å². The van der Waals surface area contributed by atoms with Crippen molar-refractivity contribution in [1.82, 2.24) is 20.3 Å². The number of para-hydroxylation sites is 2. The molecule has 0 saturated carbocycles. The lowest BCUT2D eigenvalue weighted by Crippen LogP contribution is -2.27. The molecule has 0 spiro atoms. The van der Waals surface area contributed by atoms with Gasteiger partial charge in [-0.2, -0.15) is 0 Å². The molecule has 4 N–H and O–H groups in total. The second kappa shape index (κ2) is 6.15. The normalized spacial score (nSPS) is 12.4. The van der Waals surface area contributed by atoms with Gasteiger partial charge in [-0.1, -0.05) is 12.1 Å². The van der Waals surface area contributed by atoms with E-state index >= 15 is 0 Å². The average molecular weight is 315 g/mol. The van der Waals surface area contributed by atoms with Crippen LogP contribution in [0.4, 0.5) is 5.13 Å². The number of aromatic nitrogens is 3. The fourth-order valence-corrected chi connectivity index (χ4v) is 2.84. The van der Waals surface area contributed by atoms with E-state index < -0.39 is 0 Å². The number of fused-ring (bicyclic) bond motifs is 1. The van der Waals surface area contributed by atoms with Gasteiger partial charge in [0.1, 0.15) is 5.82 Å². The lowest BCUT2D eigenvalue weighted by atomic mass is 10.2. The molecule has 0 radical (unpaired) electrons. The van der Waals surface area contributed by atoms with Crippen molar-refractivity contribution in [1.29, 1.82) is 0 Å². The second-order valence-corrected chi connectivity index (χ2v) is 6.00. The van der Waals surface area contributed by atoms with Crippen LogP contribution in [0.1, 0.15) is 30.9 Å². The van der Waals surface area contributed by atoms with Crippen LogP contribution in [-0.2, 0) is 11.2 Å². The van der Waals surface area contributed by atoms with Gasteiger partial charge in [0.05, 0.1) is 22.8 Å². The van der Waals surface area contributed by atoms with Crippen LogP contribution in [0.25, 0.3) is 11.0 Å². The highest BCUT2D eigenvalue weighted by molar-refractivity contribution is 7.13. The van der Waals surface area contributed by atoms with E-state index in [1.54, 1.807) is 0 Å². The fourth-order valence-electron chi connectivity index (χ4n) is 2.24. The summed E-state index contributed by atoms with van der Waals surface area (Å²) in [6.45, 7) is 1.91. The predicted octanol–water partition coefficient (Wildman–Crippen LogP) is 2.41. The largest absolute Gasteiger partial charge is 0.375 e. The van der Waals surface area contributed by atoms with Gasteiger partial charge in [0, 0.05) is 11.8 Å². The topological polar surface area (TPSA) is 96.7 Å². The number of nitrogens with one attached hydrogen (secondary N) is 2. The van der Waals surface area contributed by atoms with Crippen molar-refractivity contribution in [3.8, 4) is 0 Å². The first-order valence-corrected chi connectivity index (χ1v) is 7.93. The minimum Gasteiger partial charge on any atom is -0.375 e. The third-order valence-electron chi connectivity index (χ3n) is 3.37. The van der Waals surface area contributed by atoms with Crippen molar-refractivity contribution in [2.24, 2.45) is 0 Å². The third kappa shape index (κ3) is 3.25. The van der Waals surface area contributed by atoms with Gasteiger partial charge in [0.15, 0.2) is 5.13 Å². The average Bonchev–Trinajstić information content (AvgIpc) is 3.11. The Bertz CT molecular complexity index is 761. The molecule has 7 heteroatoms. The highest BCUT2D eigenvalue weighted by Gasteiger charge is 2.13. The molecular weight excluding hydrogens is 298 g/mol. The van der Waals surface area contributed by atoms with Crippen molar-refractivity contribution < 1.29 is 4.79 Å². The number of hydrogen-bond donors (Lipinski definition) is 3. The molecule has 114 valence electrons.